The Kier molecular flexibility index (Phi) is 14.1. The Balaban J connectivity index is 0.00000337. The van der Waals surface area contributed by atoms with Crippen molar-refractivity contribution in [3.63, 3.8) is 0 Å². The van der Waals surface area contributed by atoms with Crippen LogP contribution in [0.2, 0.25) is 10.0 Å². The predicted molar refractivity (Wildman–Crippen MR) is 179 cm³/mol. The molecule has 44 heavy (non-hydrogen) atoms. The van der Waals surface area contributed by atoms with E-state index in [0.717, 1.165) is 22.5 Å². The second-order valence-electron chi connectivity index (χ2n) is 9.46. The summed E-state index contributed by atoms with van der Waals surface area (Å²) in [6.45, 7) is -0.294. The van der Waals surface area contributed by atoms with E-state index in [-0.39, 0.29) is 50.1 Å². The van der Waals surface area contributed by atoms with Crippen molar-refractivity contribution in [2.45, 2.75) is 44.9 Å². The number of phenols is 1. The number of benzene rings is 4. The zero-order valence-corrected chi connectivity index (χ0v) is 25.4. The van der Waals surface area contributed by atoms with Crippen LogP contribution >= 0.6 is 35.0 Å². The summed E-state index contributed by atoms with van der Waals surface area (Å²) in [6, 6.07) is 22.6. The number of nitro benzene ring substituents is 1. The van der Waals surface area contributed by atoms with Crippen molar-refractivity contribution < 1.29 is 22.8 Å². The van der Waals surface area contributed by atoms with Gasteiger partial charge in [-0.05, 0) is 59.6 Å². The molecule has 4 aromatic rings. The van der Waals surface area contributed by atoms with E-state index in [1.54, 1.807) is 36.0 Å². The predicted octanol–water partition coefficient (Wildman–Crippen LogP) is 8.93. The minimum absolute atomic E-state index is 0. The number of sulfonamides is 1. The van der Waals surface area contributed by atoms with Crippen molar-refractivity contribution >= 4 is 50.7 Å². The van der Waals surface area contributed by atoms with E-state index in [4.69, 9.17) is 23.2 Å². The van der Waals surface area contributed by atoms with E-state index in [9.17, 15) is 28.0 Å². The highest BCUT2D eigenvalue weighted by Gasteiger charge is 2.30. The molecule has 4 aromatic carbocycles. The molecule has 0 fully saturated rings. The molecule has 7 nitrogen and oxygen atoms in total. The molecule has 0 atom stereocenters. The maximum atomic E-state index is 13.8. The summed E-state index contributed by atoms with van der Waals surface area (Å²) < 4.78 is 42.0. The van der Waals surface area contributed by atoms with Gasteiger partial charge in [-0.15, -0.1) is 0 Å². The number of thioether (sulfide) groups is 1. The van der Waals surface area contributed by atoms with Crippen LogP contribution in [0.5, 0.6) is 5.75 Å². The third-order valence-electron chi connectivity index (χ3n) is 6.51. The summed E-state index contributed by atoms with van der Waals surface area (Å²) in [4.78, 5) is 11.0. The van der Waals surface area contributed by atoms with Gasteiger partial charge in [-0.25, -0.2) is 12.8 Å². The van der Waals surface area contributed by atoms with E-state index in [2.05, 4.69) is 0 Å². The molecule has 0 aliphatic carbocycles. The van der Waals surface area contributed by atoms with Crippen LogP contribution in [-0.2, 0) is 35.2 Å². The third-order valence-corrected chi connectivity index (χ3v) is 9.89. The first-order valence-corrected chi connectivity index (χ1v) is 16.2. The smallest absolute Gasteiger partial charge is 0.273 e. The van der Waals surface area contributed by atoms with E-state index in [1.165, 1.54) is 29.8 Å². The van der Waals surface area contributed by atoms with Gasteiger partial charge in [0.1, 0.15) is 10.7 Å². The van der Waals surface area contributed by atoms with Crippen LogP contribution in [0.3, 0.4) is 0 Å². The van der Waals surface area contributed by atoms with Crippen molar-refractivity contribution in [2.75, 3.05) is 12.3 Å². The minimum atomic E-state index is -4.37. The fourth-order valence-corrected chi connectivity index (χ4v) is 7.45. The van der Waals surface area contributed by atoms with Crippen molar-refractivity contribution in [3.8, 4) is 5.75 Å². The van der Waals surface area contributed by atoms with Gasteiger partial charge in [0.25, 0.3) is 5.69 Å². The van der Waals surface area contributed by atoms with Crippen molar-refractivity contribution in [1.82, 2.24) is 4.31 Å². The summed E-state index contributed by atoms with van der Waals surface area (Å²) in [7, 11) is -4.37. The number of rotatable bonds is 13. The average molecular weight is 682 g/mol. The van der Waals surface area contributed by atoms with Gasteiger partial charge in [-0.3, -0.25) is 10.1 Å². The van der Waals surface area contributed by atoms with E-state index in [1.807, 2.05) is 30.3 Å². The fourth-order valence-electron chi connectivity index (χ4n) is 4.29. The van der Waals surface area contributed by atoms with Crippen LogP contribution in [0.25, 0.3) is 0 Å². The average Bonchev–Trinajstić information content (AvgIpc) is 2.96. The molecular weight excluding hydrogens is 646 g/mol. The lowest BCUT2D eigenvalue weighted by molar-refractivity contribution is -0.385. The van der Waals surface area contributed by atoms with Gasteiger partial charge in [-0.1, -0.05) is 92.7 Å². The van der Waals surface area contributed by atoms with Gasteiger partial charge in [0.15, 0.2) is 5.75 Å². The number of halogens is 3. The van der Waals surface area contributed by atoms with Gasteiger partial charge in [0.05, 0.1) is 9.95 Å². The number of aromatic hydroxyl groups is 1. The largest absolute Gasteiger partial charge is 0.505 e. The molecule has 0 radical (unpaired) electrons. The molecule has 0 aliphatic rings. The number of nitrogens with zero attached hydrogens (tertiary/aromatic N) is 2. The SMILES string of the molecule is C.C.O=[N+]([O-])c1cc(CN(CCc2ccc(F)cc2)S(=O)(=O)c2cc(Cl)cc(Cl)c2O)ccc1CSCCc1ccccc1. The molecule has 1 N–H and O–H groups in total. The first kappa shape index (κ1) is 37.0. The fraction of sp³-hybridized carbons (Fsp3) is 0.250. The van der Waals surface area contributed by atoms with Crippen molar-refractivity contribution in [2.24, 2.45) is 0 Å². The highest BCUT2D eigenvalue weighted by atomic mass is 35.5. The number of nitro groups is 1. The Morgan fingerprint density at radius 2 is 1.52 bits per heavy atom. The summed E-state index contributed by atoms with van der Waals surface area (Å²) in [5.41, 5.74) is 2.67. The van der Waals surface area contributed by atoms with Crippen LogP contribution in [-0.4, -0.2) is 35.1 Å². The molecule has 0 saturated heterocycles. The molecule has 0 aliphatic heterocycles. The Morgan fingerprint density at radius 1 is 0.886 bits per heavy atom. The van der Waals surface area contributed by atoms with Crippen LogP contribution in [0.15, 0.2) is 89.8 Å². The van der Waals surface area contributed by atoms with E-state index < -0.39 is 31.4 Å². The molecule has 0 amide bonds. The summed E-state index contributed by atoms with van der Waals surface area (Å²) in [6.07, 6.45) is 1.05. The van der Waals surface area contributed by atoms with Crippen LogP contribution < -0.4 is 0 Å². The van der Waals surface area contributed by atoms with Crippen LogP contribution in [0, 0.1) is 15.9 Å². The van der Waals surface area contributed by atoms with Crippen molar-refractivity contribution in [1.29, 1.82) is 0 Å². The zero-order valence-electron chi connectivity index (χ0n) is 22.3. The molecule has 0 aromatic heterocycles. The quantitative estimate of drug-likeness (QED) is 0.0860. The summed E-state index contributed by atoms with van der Waals surface area (Å²) >= 11 is 13.6. The first-order valence-electron chi connectivity index (χ1n) is 12.8. The Labute approximate surface area is 272 Å². The molecule has 0 heterocycles. The lowest BCUT2D eigenvalue weighted by Gasteiger charge is -2.23. The summed E-state index contributed by atoms with van der Waals surface area (Å²) in [5, 5.41) is 22.2. The number of hydrogen-bond acceptors (Lipinski definition) is 6. The summed E-state index contributed by atoms with van der Waals surface area (Å²) in [5.74, 6) is 0.128. The van der Waals surface area contributed by atoms with E-state index in [0.29, 0.717) is 22.4 Å². The van der Waals surface area contributed by atoms with Crippen LogP contribution in [0.1, 0.15) is 37.1 Å². The number of hydrogen-bond donors (Lipinski definition) is 1. The second-order valence-corrected chi connectivity index (χ2v) is 13.3. The topological polar surface area (TPSA) is 101 Å². The van der Waals surface area contributed by atoms with Gasteiger partial charge >= 0.3 is 0 Å². The number of aryl methyl sites for hydroxylation is 1. The maximum Gasteiger partial charge on any atom is 0.273 e. The molecule has 0 saturated carbocycles. The van der Waals surface area contributed by atoms with E-state index >= 15 is 0 Å². The molecule has 0 unspecified atom stereocenters. The third kappa shape index (κ3) is 9.67. The lowest BCUT2D eigenvalue weighted by Crippen LogP contribution is -2.32. The van der Waals surface area contributed by atoms with Gasteiger partial charge < -0.3 is 5.11 Å². The molecule has 0 bridgehead atoms. The highest BCUT2D eigenvalue weighted by molar-refractivity contribution is 7.98. The standard InChI is InChI=1S/C30H27Cl2FN2O5S2.2CH4/c31-25-17-27(32)30(36)29(18-25)42(39,40)34(14-12-22-7-10-26(33)11-8-22)19-23-6-9-24(28(16-23)35(37)38)20-41-15-13-21-4-2-1-3-5-21;;/h1-11,16-18,36H,12-15,19-20H2;2*1H4. The molecule has 236 valence electrons. The maximum absolute atomic E-state index is 13.8. The monoisotopic (exact) mass is 680 g/mol. The first-order chi connectivity index (χ1) is 20.0. The highest BCUT2D eigenvalue weighted by Crippen LogP contribution is 2.36. The molecule has 0 spiro atoms. The second kappa shape index (κ2) is 16.8. The normalized spacial score (nSPS) is 11.1. The number of phenolic OH excluding ortho intramolecular Hbond substituents is 1. The van der Waals surface area contributed by atoms with Crippen molar-refractivity contribution in [3.05, 3.63) is 133 Å². The van der Waals surface area contributed by atoms with Gasteiger partial charge in [0, 0.05) is 35.5 Å². The minimum Gasteiger partial charge on any atom is -0.505 e. The Bertz CT molecular complexity index is 1660. The van der Waals surface area contributed by atoms with Gasteiger partial charge in [0.2, 0.25) is 10.0 Å². The Hall–Kier alpha value is -3.15. The van der Waals surface area contributed by atoms with Gasteiger partial charge in [-0.2, -0.15) is 16.1 Å². The molecule has 12 heteroatoms. The molecule has 4 rings (SSSR count). The Morgan fingerprint density at radius 3 is 2.18 bits per heavy atom. The lowest BCUT2D eigenvalue weighted by atomic mass is 10.1. The van der Waals surface area contributed by atoms with Crippen LogP contribution in [0.4, 0.5) is 10.1 Å². The zero-order chi connectivity index (χ0) is 30.3. The molecular formula is C32H35Cl2FN2O5S2.